The van der Waals surface area contributed by atoms with Gasteiger partial charge in [-0.1, -0.05) is 15.9 Å². The van der Waals surface area contributed by atoms with Crippen LogP contribution in [0.2, 0.25) is 0 Å². The Hall–Kier alpha value is -1.27. The van der Waals surface area contributed by atoms with Crippen LogP contribution in [0.4, 0.5) is 4.79 Å². The summed E-state index contributed by atoms with van der Waals surface area (Å²) >= 11 is 3.71. The maximum absolute atomic E-state index is 12.0. The van der Waals surface area contributed by atoms with Gasteiger partial charge in [-0.25, -0.2) is 4.79 Å². The molecule has 3 aliphatic rings. The summed E-state index contributed by atoms with van der Waals surface area (Å²) in [6.45, 7) is 8.59. The summed E-state index contributed by atoms with van der Waals surface area (Å²) in [7, 11) is 0. The molecule has 6 heteroatoms. The SMILES string of the molecule is CCOc1ccc(Br)c(CC2CCN(CCC3COC(=O)N(CC4CC4)C3)CC2)c1. The summed E-state index contributed by atoms with van der Waals surface area (Å²) < 4.78 is 12.3. The lowest BCUT2D eigenvalue weighted by Crippen LogP contribution is -2.45. The van der Waals surface area contributed by atoms with Crippen molar-refractivity contribution in [2.24, 2.45) is 17.8 Å². The number of ether oxygens (including phenoxy) is 2. The highest BCUT2D eigenvalue weighted by atomic mass is 79.9. The fourth-order valence-electron chi connectivity index (χ4n) is 4.71. The van der Waals surface area contributed by atoms with Crippen LogP contribution in [-0.4, -0.2) is 61.8 Å². The summed E-state index contributed by atoms with van der Waals surface area (Å²) in [4.78, 5) is 16.5. The van der Waals surface area contributed by atoms with E-state index in [9.17, 15) is 4.79 Å². The molecule has 2 saturated heterocycles. The Balaban J connectivity index is 1.19. The van der Waals surface area contributed by atoms with Crippen LogP contribution in [0.1, 0.15) is 44.6 Å². The van der Waals surface area contributed by atoms with Gasteiger partial charge in [-0.3, -0.25) is 0 Å². The van der Waals surface area contributed by atoms with Crippen molar-refractivity contribution in [1.82, 2.24) is 9.80 Å². The van der Waals surface area contributed by atoms with E-state index >= 15 is 0 Å². The predicted molar refractivity (Wildman–Crippen MR) is 122 cm³/mol. The molecule has 2 heterocycles. The number of likely N-dealkylation sites (tertiary alicyclic amines) is 1. The Kier molecular flexibility index (Phi) is 7.58. The van der Waals surface area contributed by atoms with Gasteiger partial charge in [0.1, 0.15) is 5.75 Å². The number of nitrogens with zero attached hydrogens (tertiary/aromatic N) is 2. The molecule has 1 atom stereocenters. The lowest BCUT2D eigenvalue weighted by molar-refractivity contribution is 0.0346. The van der Waals surface area contributed by atoms with Gasteiger partial charge >= 0.3 is 6.09 Å². The molecular formula is C24H35BrN2O3. The van der Waals surface area contributed by atoms with Crippen LogP contribution >= 0.6 is 15.9 Å². The molecule has 0 aromatic heterocycles. The molecule has 30 heavy (non-hydrogen) atoms. The molecular weight excluding hydrogens is 444 g/mol. The van der Waals surface area contributed by atoms with Gasteiger partial charge in [-0.15, -0.1) is 0 Å². The van der Waals surface area contributed by atoms with Crippen molar-refractivity contribution in [3.8, 4) is 5.75 Å². The first kappa shape index (κ1) is 21.9. The average molecular weight is 479 g/mol. The molecule has 3 fully saturated rings. The monoisotopic (exact) mass is 478 g/mol. The van der Waals surface area contributed by atoms with E-state index in [0.717, 1.165) is 50.1 Å². The molecule has 1 aromatic rings. The topological polar surface area (TPSA) is 42.0 Å². The highest BCUT2D eigenvalue weighted by Gasteiger charge is 2.32. The Labute approximate surface area is 189 Å². The fraction of sp³-hybridized carbons (Fsp3) is 0.708. The maximum Gasteiger partial charge on any atom is 0.409 e. The average Bonchev–Trinajstić information content (AvgIpc) is 3.56. The van der Waals surface area contributed by atoms with Gasteiger partial charge in [0, 0.05) is 23.5 Å². The molecule has 2 aliphatic heterocycles. The number of benzene rings is 1. The number of amides is 1. The van der Waals surface area contributed by atoms with E-state index in [1.165, 1.54) is 48.8 Å². The first-order valence-electron chi connectivity index (χ1n) is 11.7. The molecule has 0 radical (unpaired) electrons. The van der Waals surface area contributed by atoms with Gasteiger partial charge in [0.15, 0.2) is 0 Å². The van der Waals surface area contributed by atoms with Crippen molar-refractivity contribution >= 4 is 22.0 Å². The Morgan fingerprint density at radius 1 is 1.13 bits per heavy atom. The van der Waals surface area contributed by atoms with E-state index in [-0.39, 0.29) is 6.09 Å². The van der Waals surface area contributed by atoms with Gasteiger partial charge in [0.25, 0.3) is 0 Å². The molecule has 1 unspecified atom stereocenters. The molecule has 0 bridgehead atoms. The molecule has 1 aromatic carbocycles. The lowest BCUT2D eigenvalue weighted by atomic mass is 9.90. The number of rotatable bonds is 9. The first-order valence-corrected chi connectivity index (χ1v) is 12.4. The number of carbonyl (C=O) groups excluding carboxylic acids is 1. The molecule has 166 valence electrons. The number of hydrogen-bond acceptors (Lipinski definition) is 4. The van der Waals surface area contributed by atoms with Crippen molar-refractivity contribution in [1.29, 1.82) is 0 Å². The van der Waals surface area contributed by atoms with Crippen molar-refractivity contribution in [2.75, 3.05) is 45.9 Å². The Morgan fingerprint density at radius 3 is 2.67 bits per heavy atom. The van der Waals surface area contributed by atoms with E-state index in [4.69, 9.17) is 9.47 Å². The molecule has 1 saturated carbocycles. The van der Waals surface area contributed by atoms with Gasteiger partial charge in [-0.2, -0.15) is 0 Å². The number of halogens is 1. The minimum Gasteiger partial charge on any atom is -0.494 e. The third-order valence-corrected chi connectivity index (χ3v) is 7.53. The van der Waals surface area contributed by atoms with Crippen LogP contribution in [0.15, 0.2) is 22.7 Å². The van der Waals surface area contributed by atoms with Crippen LogP contribution in [-0.2, 0) is 11.2 Å². The summed E-state index contributed by atoms with van der Waals surface area (Å²) in [6.07, 6.45) is 7.19. The zero-order valence-corrected chi connectivity index (χ0v) is 19.7. The maximum atomic E-state index is 12.0. The summed E-state index contributed by atoms with van der Waals surface area (Å²) in [5, 5.41) is 0. The minimum absolute atomic E-state index is 0.0986. The Morgan fingerprint density at radius 2 is 1.93 bits per heavy atom. The molecule has 1 amide bonds. The van der Waals surface area contributed by atoms with Crippen molar-refractivity contribution in [2.45, 2.75) is 45.4 Å². The zero-order valence-electron chi connectivity index (χ0n) is 18.2. The Bertz CT molecular complexity index is 716. The third kappa shape index (κ3) is 6.13. The number of piperidine rings is 1. The van der Waals surface area contributed by atoms with Crippen LogP contribution in [0, 0.1) is 17.8 Å². The standard InChI is InChI=1S/C24H35BrN2O3/c1-2-29-22-5-6-23(25)21(14-22)13-18-7-10-26(11-8-18)12-9-20-16-27(15-19-3-4-19)24(28)30-17-20/h5-6,14,18-20H,2-4,7-13,15-17H2,1H3. The molecule has 5 nitrogen and oxygen atoms in total. The zero-order chi connectivity index (χ0) is 20.9. The van der Waals surface area contributed by atoms with Crippen LogP contribution in [0.25, 0.3) is 0 Å². The van der Waals surface area contributed by atoms with Gasteiger partial charge in [0.05, 0.1) is 13.2 Å². The number of carbonyl (C=O) groups is 1. The van der Waals surface area contributed by atoms with Gasteiger partial charge in [-0.05, 0) is 101 Å². The first-order chi connectivity index (χ1) is 14.6. The molecule has 4 rings (SSSR count). The lowest BCUT2D eigenvalue weighted by Gasteiger charge is -2.35. The van der Waals surface area contributed by atoms with Crippen LogP contribution in [0.3, 0.4) is 0 Å². The molecule has 0 N–H and O–H groups in total. The van der Waals surface area contributed by atoms with Crippen LogP contribution in [0.5, 0.6) is 5.75 Å². The molecule has 0 spiro atoms. The van der Waals surface area contributed by atoms with E-state index in [2.05, 4.69) is 33.0 Å². The van der Waals surface area contributed by atoms with Crippen molar-refractivity contribution in [3.63, 3.8) is 0 Å². The van der Waals surface area contributed by atoms with Gasteiger partial charge < -0.3 is 19.3 Å². The second kappa shape index (κ2) is 10.4. The highest BCUT2D eigenvalue weighted by Crippen LogP contribution is 2.32. The molecule has 1 aliphatic carbocycles. The summed E-state index contributed by atoms with van der Waals surface area (Å²) in [5.41, 5.74) is 1.36. The largest absolute Gasteiger partial charge is 0.494 e. The second-order valence-electron chi connectivity index (χ2n) is 9.26. The highest BCUT2D eigenvalue weighted by molar-refractivity contribution is 9.10. The summed E-state index contributed by atoms with van der Waals surface area (Å²) in [6, 6.07) is 6.34. The van der Waals surface area contributed by atoms with Crippen molar-refractivity contribution < 1.29 is 14.3 Å². The van der Waals surface area contributed by atoms with E-state index in [1.54, 1.807) is 0 Å². The van der Waals surface area contributed by atoms with Crippen molar-refractivity contribution in [3.05, 3.63) is 28.2 Å². The van der Waals surface area contributed by atoms with E-state index < -0.39 is 0 Å². The minimum atomic E-state index is -0.0986. The second-order valence-corrected chi connectivity index (χ2v) is 10.1. The van der Waals surface area contributed by atoms with Crippen LogP contribution < -0.4 is 4.74 Å². The fourth-order valence-corrected chi connectivity index (χ4v) is 5.12. The quantitative estimate of drug-likeness (QED) is 0.502. The smallest absolute Gasteiger partial charge is 0.409 e. The normalized spacial score (nSPS) is 23.5. The summed E-state index contributed by atoms with van der Waals surface area (Å²) in [5.74, 6) is 2.91. The number of cyclic esters (lactones) is 1. The van der Waals surface area contributed by atoms with E-state index in [1.807, 2.05) is 17.9 Å². The van der Waals surface area contributed by atoms with Gasteiger partial charge in [0.2, 0.25) is 0 Å². The number of hydrogen-bond donors (Lipinski definition) is 0. The third-order valence-electron chi connectivity index (χ3n) is 6.75. The van der Waals surface area contributed by atoms with E-state index in [0.29, 0.717) is 19.1 Å². The predicted octanol–water partition coefficient (Wildman–Crippen LogP) is 4.97.